The van der Waals surface area contributed by atoms with Crippen molar-refractivity contribution in [3.8, 4) is 11.8 Å². The fourth-order valence-electron chi connectivity index (χ4n) is 2.35. The van der Waals surface area contributed by atoms with Crippen LogP contribution in [0, 0.1) is 0 Å². The quantitative estimate of drug-likeness (QED) is 0.319. The van der Waals surface area contributed by atoms with Crippen molar-refractivity contribution >= 4 is 29.2 Å². The Morgan fingerprint density at radius 2 is 1.50 bits per heavy atom. The first kappa shape index (κ1) is 23.3. The summed E-state index contributed by atoms with van der Waals surface area (Å²) in [6.07, 6.45) is -4.59. The summed E-state index contributed by atoms with van der Waals surface area (Å²) in [5, 5.41) is 5.61. The van der Waals surface area contributed by atoms with Crippen molar-refractivity contribution in [1.29, 1.82) is 0 Å². The van der Waals surface area contributed by atoms with Crippen molar-refractivity contribution in [1.82, 2.24) is 15.0 Å². The van der Waals surface area contributed by atoms with Gasteiger partial charge >= 0.3 is 17.8 Å². The second-order valence-electron chi connectivity index (χ2n) is 6.21. The van der Waals surface area contributed by atoms with Gasteiger partial charge in [-0.2, -0.15) is 28.1 Å². The standard InChI is InChI=1S/C19H15ClF5N5O2/c20-19(24,25)32-14-8-6-13(7-9-14)27-16-28-15(26-10-12-4-2-1-3-5-12)29-17(30-16)31-11-18(21,22)23/h1-9H,10-11H2,(H2,26,27,28,29,30). The van der Waals surface area contributed by atoms with Crippen molar-refractivity contribution < 1.29 is 31.4 Å². The summed E-state index contributed by atoms with van der Waals surface area (Å²) in [5.74, 6) is -0.375. The van der Waals surface area contributed by atoms with E-state index in [9.17, 15) is 22.0 Å². The summed E-state index contributed by atoms with van der Waals surface area (Å²) in [6, 6.07) is 13.7. The van der Waals surface area contributed by atoms with Gasteiger partial charge in [0.1, 0.15) is 5.75 Å². The summed E-state index contributed by atoms with van der Waals surface area (Å²) in [5.41, 5.74) is -2.66. The maximum Gasteiger partial charge on any atom is 0.487 e. The highest BCUT2D eigenvalue weighted by atomic mass is 35.5. The Labute approximate surface area is 183 Å². The van der Waals surface area contributed by atoms with Gasteiger partial charge in [-0.25, -0.2) is 0 Å². The molecule has 170 valence electrons. The fourth-order valence-corrected chi connectivity index (χ4v) is 2.44. The highest BCUT2D eigenvalue weighted by Gasteiger charge is 2.29. The lowest BCUT2D eigenvalue weighted by Crippen LogP contribution is -2.21. The molecule has 2 aromatic carbocycles. The van der Waals surface area contributed by atoms with Crippen molar-refractivity contribution in [2.45, 2.75) is 18.3 Å². The lowest BCUT2D eigenvalue weighted by Gasteiger charge is -2.13. The van der Waals surface area contributed by atoms with E-state index in [0.29, 0.717) is 12.2 Å². The Morgan fingerprint density at radius 3 is 2.12 bits per heavy atom. The largest absolute Gasteiger partial charge is 0.487 e. The minimum atomic E-state index is -4.59. The molecule has 3 aromatic rings. The molecule has 32 heavy (non-hydrogen) atoms. The van der Waals surface area contributed by atoms with Crippen molar-refractivity contribution in [2.24, 2.45) is 0 Å². The molecular formula is C19H15ClF5N5O2. The van der Waals surface area contributed by atoms with Gasteiger partial charge in [0.25, 0.3) is 0 Å². The Bertz CT molecular complexity index is 1020. The Hall–Kier alpha value is -3.41. The van der Waals surface area contributed by atoms with E-state index in [-0.39, 0.29) is 17.6 Å². The van der Waals surface area contributed by atoms with Crippen LogP contribution in [0.5, 0.6) is 11.8 Å². The van der Waals surface area contributed by atoms with E-state index in [4.69, 9.17) is 11.6 Å². The van der Waals surface area contributed by atoms with Gasteiger partial charge in [-0.05, 0) is 29.8 Å². The van der Waals surface area contributed by atoms with E-state index in [1.807, 2.05) is 30.3 Å². The average molecular weight is 476 g/mol. The predicted molar refractivity (Wildman–Crippen MR) is 106 cm³/mol. The molecule has 0 atom stereocenters. The van der Waals surface area contributed by atoms with Crippen molar-refractivity contribution in [2.75, 3.05) is 17.2 Å². The monoisotopic (exact) mass is 475 g/mol. The van der Waals surface area contributed by atoms with E-state index in [2.05, 4.69) is 35.1 Å². The lowest BCUT2D eigenvalue weighted by atomic mass is 10.2. The molecular weight excluding hydrogens is 461 g/mol. The Kier molecular flexibility index (Phi) is 7.13. The molecule has 0 saturated heterocycles. The van der Waals surface area contributed by atoms with E-state index < -0.39 is 24.4 Å². The molecule has 0 bridgehead atoms. The number of aromatic nitrogens is 3. The van der Waals surface area contributed by atoms with Gasteiger partial charge in [-0.3, -0.25) is 0 Å². The van der Waals surface area contributed by atoms with Crippen LogP contribution in [0.15, 0.2) is 54.6 Å². The zero-order valence-electron chi connectivity index (χ0n) is 16.0. The minimum absolute atomic E-state index is 0.0368. The summed E-state index contributed by atoms with van der Waals surface area (Å²) >= 11 is 4.71. The second kappa shape index (κ2) is 9.81. The van der Waals surface area contributed by atoms with Gasteiger partial charge in [0, 0.05) is 23.8 Å². The summed E-state index contributed by atoms with van der Waals surface area (Å²) in [4.78, 5) is 11.7. The van der Waals surface area contributed by atoms with Crippen molar-refractivity contribution in [3.63, 3.8) is 0 Å². The molecule has 13 heteroatoms. The summed E-state index contributed by atoms with van der Waals surface area (Å²) in [6.45, 7) is -1.30. The number of hydrogen-bond donors (Lipinski definition) is 2. The van der Waals surface area contributed by atoms with Gasteiger partial charge in [0.15, 0.2) is 6.61 Å². The lowest BCUT2D eigenvalue weighted by molar-refractivity contribution is -0.154. The highest BCUT2D eigenvalue weighted by Crippen LogP contribution is 2.27. The second-order valence-corrected chi connectivity index (χ2v) is 6.65. The average Bonchev–Trinajstić information content (AvgIpc) is 2.71. The number of hydrogen-bond acceptors (Lipinski definition) is 7. The molecule has 7 nitrogen and oxygen atoms in total. The number of alkyl halides is 6. The van der Waals surface area contributed by atoms with Crippen LogP contribution in [0.3, 0.4) is 0 Å². The molecule has 1 aromatic heterocycles. The SMILES string of the molecule is FC(F)(F)COc1nc(NCc2ccccc2)nc(Nc2ccc(OC(F)(F)Cl)cc2)n1. The molecule has 0 aliphatic rings. The molecule has 1 heterocycles. The first-order valence-corrected chi connectivity index (χ1v) is 9.30. The minimum Gasteiger partial charge on any atom is -0.454 e. The van der Waals surface area contributed by atoms with Crippen LogP contribution in [0.4, 0.5) is 39.5 Å². The maximum atomic E-state index is 12.7. The van der Waals surface area contributed by atoms with E-state index in [0.717, 1.165) is 5.56 Å². The topological polar surface area (TPSA) is 81.2 Å². The zero-order valence-corrected chi connectivity index (χ0v) is 16.8. The molecule has 0 aliphatic heterocycles. The van der Waals surface area contributed by atoms with E-state index in [1.54, 1.807) is 0 Å². The summed E-state index contributed by atoms with van der Waals surface area (Å²) < 4.78 is 71.8. The molecule has 0 spiro atoms. The molecule has 0 saturated carbocycles. The van der Waals surface area contributed by atoms with Gasteiger partial charge in [0.05, 0.1) is 0 Å². The van der Waals surface area contributed by atoms with E-state index >= 15 is 0 Å². The number of nitrogens with one attached hydrogen (secondary N) is 2. The van der Waals surface area contributed by atoms with Crippen LogP contribution in [0.1, 0.15) is 5.56 Å². The van der Waals surface area contributed by atoms with Gasteiger partial charge in [-0.1, -0.05) is 30.3 Å². The third-order valence-electron chi connectivity index (χ3n) is 3.62. The van der Waals surface area contributed by atoms with E-state index in [1.165, 1.54) is 24.3 Å². The third kappa shape index (κ3) is 8.02. The number of anilines is 3. The molecule has 0 amide bonds. The van der Waals surface area contributed by atoms with Crippen LogP contribution in [-0.4, -0.2) is 33.3 Å². The molecule has 0 radical (unpaired) electrons. The van der Waals surface area contributed by atoms with Crippen LogP contribution < -0.4 is 20.1 Å². The number of rotatable bonds is 9. The third-order valence-corrected chi connectivity index (χ3v) is 3.69. The van der Waals surface area contributed by atoms with Crippen LogP contribution in [0.25, 0.3) is 0 Å². The summed E-state index contributed by atoms with van der Waals surface area (Å²) in [7, 11) is 0. The first-order chi connectivity index (χ1) is 15.1. The van der Waals surface area contributed by atoms with Crippen LogP contribution in [-0.2, 0) is 6.54 Å². The molecule has 2 N–H and O–H groups in total. The van der Waals surface area contributed by atoms with Crippen LogP contribution >= 0.6 is 11.6 Å². The Balaban J connectivity index is 1.76. The number of ether oxygens (including phenoxy) is 2. The number of nitrogens with zero attached hydrogens (tertiary/aromatic N) is 3. The maximum absolute atomic E-state index is 12.7. The van der Waals surface area contributed by atoms with Crippen LogP contribution in [0.2, 0.25) is 0 Å². The molecule has 0 unspecified atom stereocenters. The molecule has 0 fully saturated rings. The zero-order chi connectivity index (χ0) is 23.2. The van der Waals surface area contributed by atoms with Gasteiger partial charge in [0.2, 0.25) is 11.9 Å². The fraction of sp³-hybridized carbons (Fsp3) is 0.211. The molecule has 0 aliphatic carbocycles. The predicted octanol–water partition coefficient (Wildman–Crippen LogP) is 5.34. The first-order valence-electron chi connectivity index (χ1n) is 8.92. The number of benzene rings is 2. The molecule has 3 rings (SSSR count). The van der Waals surface area contributed by atoms with Crippen molar-refractivity contribution in [3.05, 3.63) is 60.2 Å². The smallest absolute Gasteiger partial charge is 0.454 e. The Morgan fingerprint density at radius 1 is 0.844 bits per heavy atom. The normalized spacial score (nSPS) is 11.7. The highest BCUT2D eigenvalue weighted by molar-refractivity contribution is 6.20. The van der Waals surface area contributed by atoms with Gasteiger partial charge in [-0.15, -0.1) is 8.78 Å². The van der Waals surface area contributed by atoms with Gasteiger partial charge < -0.3 is 20.1 Å². The number of halogens is 6.